The van der Waals surface area contributed by atoms with Gasteiger partial charge in [0.1, 0.15) is 5.03 Å². The van der Waals surface area contributed by atoms with E-state index < -0.39 is 9.84 Å². The molecule has 140 valence electrons. The predicted molar refractivity (Wildman–Crippen MR) is 105 cm³/mol. The van der Waals surface area contributed by atoms with Crippen molar-refractivity contribution in [3.05, 3.63) is 54.2 Å². The fraction of sp³-hybridized carbons (Fsp3) is 0.368. The minimum absolute atomic E-state index is 0.0126. The van der Waals surface area contributed by atoms with Crippen LogP contribution in [-0.4, -0.2) is 37.4 Å². The summed E-state index contributed by atoms with van der Waals surface area (Å²) in [6.07, 6.45) is 1.61. The quantitative estimate of drug-likeness (QED) is 0.731. The van der Waals surface area contributed by atoms with Crippen molar-refractivity contribution in [3.63, 3.8) is 0 Å². The fourth-order valence-corrected chi connectivity index (χ4v) is 4.78. The Morgan fingerprint density at radius 1 is 1.12 bits per heavy atom. The second-order valence-electron chi connectivity index (χ2n) is 7.08. The van der Waals surface area contributed by atoms with Crippen LogP contribution >= 0.6 is 11.8 Å². The molecule has 1 N–H and O–H groups in total. The molecular weight excluding hydrogens is 368 g/mol. The number of nitrogens with zero attached hydrogens (tertiary/aromatic N) is 1. The molecule has 0 spiro atoms. The van der Waals surface area contributed by atoms with Crippen LogP contribution in [0, 0.1) is 5.41 Å². The number of benzene rings is 1. The highest BCUT2D eigenvalue weighted by Gasteiger charge is 2.18. The number of aromatic nitrogens is 1. The molecule has 0 unspecified atom stereocenters. The van der Waals surface area contributed by atoms with Gasteiger partial charge in [-0.25, -0.2) is 13.4 Å². The van der Waals surface area contributed by atoms with Crippen LogP contribution in [0.1, 0.15) is 31.1 Å². The van der Waals surface area contributed by atoms with Crippen molar-refractivity contribution in [1.82, 2.24) is 10.3 Å². The topological polar surface area (TPSA) is 76.1 Å². The molecule has 0 saturated carbocycles. The summed E-state index contributed by atoms with van der Waals surface area (Å²) in [6.45, 7) is 6.68. The van der Waals surface area contributed by atoms with Crippen LogP contribution in [0.15, 0.2) is 58.6 Å². The molecule has 0 saturated heterocycles. The van der Waals surface area contributed by atoms with Crippen molar-refractivity contribution in [3.8, 4) is 0 Å². The van der Waals surface area contributed by atoms with Crippen molar-refractivity contribution >= 4 is 27.5 Å². The average Bonchev–Trinajstić information content (AvgIpc) is 2.60. The summed E-state index contributed by atoms with van der Waals surface area (Å²) >= 11 is 1.28. The van der Waals surface area contributed by atoms with E-state index in [0.29, 0.717) is 27.8 Å². The molecule has 1 amide bonds. The van der Waals surface area contributed by atoms with Gasteiger partial charge in [-0.2, -0.15) is 0 Å². The van der Waals surface area contributed by atoms with Crippen LogP contribution in [0.2, 0.25) is 0 Å². The van der Waals surface area contributed by atoms with Crippen molar-refractivity contribution in [2.24, 2.45) is 5.41 Å². The first-order chi connectivity index (χ1) is 12.2. The van der Waals surface area contributed by atoms with E-state index >= 15 is 0 Å². The van der Waals surface area contributed by atoms with Gasteiger partial charge < -0.3 is 5.32 Å². The Kier molecular flexibility index (Phi) is 6.83. The number of hydrogen-bond acceptors (Lipinski definition) is 5. The van der Waals surface area contributed by atoms with Gasteiger partial charge in [-0.05, 0) is 29.7 Å². The Bertz CT molecular complexity index is 845. The maximum Gasteiger partial charge on any atom is 0.254 e. The number of sulfone groups is 1. The summed E-state index contributed by atoms with van der Waals surface area (Å²) in [6, 6.07) is 11.8. The smallest absolute Gasteiger partial charge is 0.254 e. The number of hydrogen-bond donors (Lipinski definition) is 1. The number of pyridine rings is 1. The summed E-state index contributed by atoms with van der Waals surface area (Å²) in [4.78, 5) is 17.0. The van der Waals surface area contributed by atoms with Gasteiger partial charge in [-0.1, -0.05) is 39.0 Å². The lowest BCUT2D eigenvalue weighted by Gasteiger charge is -2.19. The van der Waals surface area contributed by atoms with Crippen LogP contribution in [0.5, 0.6) is 0 Å². The number of rotatable bonds is 7. The van der Waals surface area contributed by atoms with E-state index in [4.69, 9.17) is 0 Å². The van der Waals surface area contributed by atoms with Crippen molar-refractivity contribution in [2.45, 2.75) is 30.7 Å². The molecule has 0 fully saturated rings. The van der Waals surface area contributed by atoms with E-state index in [0.717, 1.165) is 0 Å². The zero-order valence-electron chi connectivity index (χ0n) is 15.2. The summed E-state index contributed by atoms with van der Waals surface area (Å²) in [7, 11) is -3.34. The van der Waals surface area contributed by atoms with E-state index in [1.165, 1.54) is 11.8 Å². The number of carbonyl (C=O) groups is 1. The first-order valence-corrected chi connectivity index (χ1v) is 11.0. The maximum atomic E-state index is 12.4. The van der Waals surface area contributed by atoms with Gasteiger partial charge in [0.2, 0.25) is 0 Å². The largest absolute Gasteiger partial charge is 0.351 e. The van der Waals surface area contributed by atoms with Gasteiger partial charge in [0, 0.05) is 18.5 Å². The highest BCUT2D eigenvalue weighted by atomic mass is 32.2. The highest BCUT2D eigenvalue weighted by Crippen LogP contribution is 2.22. The van der Waals surface area contributed by atoms with Crippen molar-refractivity contribution < 1.29 is 13.2 Å². The average molecular weight is 393 g/mol. The Balaban J connectivity index is 2.01. The Labute approximate surface area is 159 Å². The van der Waals surface area contributed by atoms with Gasteiger partial charge in [0.15, 0.2) is 9.84 Å². The summed E-state index contributed by atoms with van der Waals surface area (Å²) < 4.78 is 24.7. The zero-order chi connectivity index (χ0) is 19.2. The second-order valence-corrected chi connectivity index (χ2v) is 10.3. The molecule has 0 bridgehead atoms. The van der Waals surface area contributed by atoms with Crippen molar-refractivity contribution in [1.29, 1.82) is 0 Å². The Morgan fingerprint density at radius 2 is 1.81 bits per heavy atom. The normalized spacial score (nSPS) is 12.0. The molecule has 26 heavy (non-hydrogen) atoms. The molecule has 0 aliphatic carbocycles. The molecule has 0 aliphatic heterocycles. The molecule has 1 heterocycles. The molecule has 0 radical (unpaired) electrons. The number of thioether (sulfide) groups is 1. The van der Waals surface area contributed by atoms with Crippen molar-refractivity contribution in [2.75, 3.05) is 18.1 Å². The van der Waals surface area contributed by atoms with E-state index in [9.17, 15) is 13.2 Å². The maximum absolute atomic E-state index is 12.4. The molecule has 5 nitrogen and oxygen atoms in total. The Hall–Kier alpha value is -1.86. The minimum Gasteiger partial charge on any atom is -0.351 e. The minimum atomic E-state index is -3.34. The molecule has 2 aromatic rings. The third-order valence-electron chi connectivity index (χ3n) is 3.49. The molecule has 0 aliphatic rings. The van der Waals surface area contributed by atoms with Gasteiger partial charge in [-0.15, -0.1) is 11.8 Å². The third kappa shape index (κ3) is 6.14. The molecular formula is C19H24N2O3S2. The van der Waals surface area contributed by atoms with Crippen LogP contribution in [-0.2, 0) is 9.84 Å². The van der Waals surface area contributed by atoms with Gasteiger partial charge in [-0.3, -0.25) is 4.79 Å². The predicted octanol–water partition coefficient (Wildman–Crippen LogP) is 3.42. The van der Waals surface area contributed by atoms with Gasteiger partial charge >= 0.3 is 0 Å². The van der Waals surface area contributed by atoms with E-state index in [-0.39, 0.29) is 17.1 Å². The summed E-state index contributed by atoms with van der Waals surface area (Å²) in [5.74, 6) is 0.121. The van der Waals surface area contributed by atoms with Crippen LogP contribution in [0.3, 0.4) is 0 Å². The SMILES string of the molecule is CC(C)(C)CNC(=O)c1cccnc1SCCS(=O)(=O)c1ccccc1. The molecule has 0 atom stereocenters. The lowest BCUT2D eigenvalue weighted by atomic mass is 9.97. The van der Waals surface area contributed by atoms with Crippen LogP contribution in [0.4, 0.5) is 0 Å². The first kappa shape index (κ1) is 20.5. The second kappa shape index (κ2) is 8.68. The number of amides is 1. The monoisotopic (exact) mass is 392 g/mol. The van der Waals surface area contributed by atoms with E-state index in [1.807, 2.05) is 20.8 Å². The highest BCUT2D eigenvalue weighted by molar-refractivity contribution is 8.00. The standard InChI is InChI=1S/C19H24N2O3S2/c1-19(2,3)14-21-17(22)16-10-7-11-20-18(16)25-12-13-26(23,24)15-8-5-4-6-9-15/h4-11H,12-14H2,1-3H3,(H,21,22). The zero-order valence-corrected chi connectivity index (χ0v) is 16.9. The first-order valence-electron chi connectivity index (χ1n) is 8.33. The summed E-state index contributed by atoms with van der Waals surface area (Å²) in [5.41, 5.74) is 0.452. The molecule has 7 heteroatoms. The molecule has 2 rings (SSSR count). The van der Waals surface area contributed by atoms with Crippen LogP contribution in [0.25, 0.3) is 0 Å². The van der Waals surface area contributed by atoms with Crippen LogP contribution < -0.4 is 5.32 Å². The van der Waals surface area contributed by atoms with E-state index in [1.54, 1.807) is 48.7 Å². The number of carbonyl (C=O) groups excluding carboxylic acids is 1. The molecule has 1 aromatic heterocycles. The molecule has 1 aromatic carbocycles. The third-order valence-corrected chi connectivity index (χ3v) is 6.49. The lowest BCUT2D eigenvalue weighted by Crippen LogP contribution is -2.32. The Morgan fingerprint density at radius 3 is 2.46 bits per heavy atom. The van der Waals surface area contributed by atoms with Gasteiger partial charge in [0.25, 0.3) is 5.91 Å². The van der Waals surface area contributed by atoms with E-state index in [2.05, 4.69) is 10.3 Å². The number of nitrogens with one attached hydrogen (secondary N) is 1. The summed E-state index contributed by atoms with van der Waals surface area (Å²) in [5, 5.41) is 3.44. The fourth-order valence-electron chi connectivity index (χ4n) is 2.11. The lowest BCUT2D eigenvalue weighted by molar-refractivity contribution is 0.0935. The van der Waals surface area contributed by atoms with Gasteiger partial charge in [0.05, 0.1) is 16.2 Å².